The normalized spacial score (nSPS) is 11.5. The molecule has 0 spiro atoms. The predicted octanol–water partition coefficient (Wildman–Crippen LogP) is 6.06. The number of fused-ring (bicyclic) bond motifs is 1. The lowest BCUT2D eigenvalue weighted by molar-refractivity contribution is 0.103. The lowest BCUT2D eigenvalue weighted by Crippen LogP contribution is -2.13. The van der Waals surface area contributed by atoms with E-state index >= 15 is 0 Å². The molecule has 2 N–H and O–H groups in total. The zero-order valence-electron chi connectivity index (χ0n) is 16.1. The van der Waals surface area contributed by atoms with Gasteiger partial charge in [0.25, 0.3) is 15.9 Å². The zero-order valence-corrected chi connectivity index (χ0v) is 18.5. The van der Waals surface area contributed by atoms with Crippen molar-refractivity contribution in [2.75, 3.05) is 10.0 Å². The van der Waals surface area contributed by atoms with E-state index < -0.39 is 21.7 Å². The molecule has 0 aliphatic carbocycles. The number of halogens is 2. The molecule has 0 unspecified atom stereocenters. The predicted molar refractivity (Wildman–Crippen MR) is 123 cm³/mol. The Bertz CT molecular complexity index is 1380. The fourth-order valence-electron chi connectivity index (χ4n) is 2.93. The minimum Gasteiger partial charge on any atom is -0.321 e. The highest BCUT2D eigenvalue weighted by Crippen LogP contribution is 2.36. The van der Waals surface area contributed by atoms with E-state index in [1.54, 1.807) is 36.4 Å². The summed E-state index contributed by atoms with van der Waals surface area (Å²) in [5.41, 5.74) is 1.78. The van der Waals surface area contributed by atoms with Crippen LogP contribution in [0.4, 0.5) is 15.8 Å². The SMILES string of the molecule is Cc1ccc(S(=O)(=O)Nc2ccc(NC(=O)c3sc4cc(F)ccc4c3Cl)cc2)cc1. The lowest BCUT2D eigenvalue weighted by Gasteiger charge is -2.10. The van der Waals surface area contributed by atoms with E-state index in [4.69, 9.17) is 11.6 Å². The van der Waals surface area contributed by atoms with Crippen LogP contribution in [0.25, 0.3) is 10.1 Å². The second-order valence-electron chi connectivity index (χ2n) is 6.84. The first-order valence-corrected chi connectivity index (χ1v) is 11.8. The highest BCUT2D eigenvalue weighted by molar-refractivity contribution is 7.92. The van der Waals surface area contributed by atoms with Crippen LogP contribution in [-0.4, -0.2) is 14.3 Å². The topological polar surface area (TPSA) is 75.3 Å². The molecule has 4 aromatic rings. The maximum Gasteiger partial charge on any atom is 0.267 e. The lowest BCUT2D eigenvalue weighted by atomic mass is 10.2. The van der Waals surface area contributed by atoms with Crippen LogP contribution >= 0.6 is 22.9 Å². The second-order valence-corrected chi connectivity index (χ2v) is 9.95. The molecule has 0 fully saturated rings. The number of amides is 1. The van der Waals surface area contributed by atoms with Gasteiger partial charge in [-0.15, -0.1) is 11.3 Å². The van der Waals surface area contributed by atoms with Gasteiger partial charge in [-0.05, 0) is 61.5 Å². The summed E-state index contributed by atoms with van der Waals surface area (Å²) in [6.07, 6.45) is 0. The van der Waals surface area contributed by atoms with Crippen LogP contribution in [0.2, 0.25) is 5.02 Å². The molecule has 4 rings (SSSR count). The van der Waals surface area contributed by atoms with Crippen molar-refractivity contribution < 1.29 is 17.6 Å². The monoisotopic (exact) mass is 474 g/mol. The van der Waals surface area contributed by atoms with Crippen LogP contribution in [0.15, 0.2) is 71.6 Å². The molecular formula is C22H16ClFN2O3S2. The van der Waals surface area contributed by atoms with E-state index in [-0.39, 0.29) is 14.8 Å². The van der Waals surface area contributed by atoms with Crippen molar-refractivity contribution in [1.29, 1.82) is 0 Å². The number of carbonyl (C=O) groups is 1. The molecule has 158 valence electrons. The number of aryl methyl sites for hydroxylation is 1. The zero-order chi connectivity index (χ0) is 22.2. The Hall–Kier alpha value is -2.94. The Balaban J connectivity index is 1.49. The van der Waals surface area contributed by atoms with Gasteiger partial charge in [0.15, 0.2) is 0 Å². The van der Waals surface area contributed by atoms with Crippen LogP contribution in [0.5, 0.6) is 0 Å². The average molecular weight is 475 g/mol. The molecule has 0 aliphatic rings. The summed E-state index contributed by atoms with van der Waals surface area (Å²) >= 11 is 7.39. The average Bonchev–Trinajstić information content (AvgIpc) is 3.05. The molecule has 9 heteroatoms. The number of benzene rings is 3. The fourth-order valence-corrected chi connectivity index (χ4v) is 5.42. The first-order chi connectivity index (χ1) is 14.7. The number of hydrogen-bond donors (Lipinski definition) is 2. The first kappa shape index (κ1) is 21.3. The molecule has 0 bridgehead atoms. The number of rotatable bonds is 5. The van der Waals surface area contributed by atoms with Crippen LogP contribution in [0.1, 0.15) is 15.2 Å². The number of thiophene rings is 1. The molecule has 0 saturated carbocycles. The van der Waals surface area contributed by atoms with Gasteiger partial charge in [-0.3, -0.25) is 9.52 Å². The molecule has 1 amide bonds. The van der Waals surface area contributed by atoms with Crippen LogP contribution < -0.4 is 10.0 Å². The Morgan fingerprint density at radius 3 is 2.29 bits per heavy atom. The number of hydrogen-bond acceptors (Lipinski definition) is 4. The highest BCUT2D eigenvalue weighted by Gasteiger charge is 2.18. The van der Waals surface area contributed by atoms with E-state index in [2.05, 4.69) is 10.0 Å². The van der Waals surface area contributed by atoms with Gasteiger partial charge in [0.2, 0.25) is 0 Å². The van der Waals surface area contributed by atoms with Crippen molar-refractivity contribution >= 4 is 60.3 Å². The quantitative estimate of drug-likeness (QED) is 0.369. The molecule has 1 heterocycles. The minimum absolute atomic E-state index is 0.159. The van der Waals surface area contributed by atoms with E-state index in [9.17, 15) is 17.6 Å². The Labute approximate surface area is 187 Å². The smallest absolute Gasteiger partial charge is 0.267 e. The Morgan fingerprint density at radius 2 is 1.61 bits per heavy atom. The maximum atomic E-state index is 13.4. The third-order valence-electron chi connectivity index (χ3n) is 4.52. The molecule has 0 radical (unpaired) electrons. The van der Waals surface area contributed by atoms with Crippen molar-refractivity contribution in [3.8, 4) is 0 Å². The van der Waals surface area contributed by atoms with E-state index in [1.165, 1.54) is 30.3 Å². The molecular weight excluding hydrogens is 459 g/mol. The van der Waals surface area contributed by atoms with Gasteiger partial charge in [0.1, 0.15) is 10.7 Å². The number of sulfonamides is 1. The van der Waals surface area contributed by atoms with Gasteiger partial charge in [-0.1, -0.05) is 29.3 Å². The summed E-state index contributed by atoms with van der Waals surface area (Å²) in [7, 11) is -3.72. The largest absolute Gasteiger partial charge is 0.321 e. The van der Waals surface area contributed by atoms with Crippen molar-refractivity contribution in [2.45, 2.75) is 11.8 Å². The van der Waals surface area contributed by atoms with Gasteiger partial charge in [0, 0.05) is 21.5 Å². The van der Waals surface area contributed by atoms with E-state index in [1.807, 2.05) is 6.92 Å². The van der Waals surface area contributed by atoms with Gasteiger partial charge >= 0.3 is 0 Å². The summed E-state index contributed by atoms with van der Waals surface area (Å²) in [5.74, 6) is -0.833. The number of anilines is 2. The third-order valence-corrected chi connectivity index (χ3v) is 7.58. The Morgan fingerprint density at radius 1 is 0.968 bits per heavy atom. The van der Waals surface area contributed by atoms with Gasteiger partial charge < -0.3 is 5.32 Å². The fraction of sp³-hybridized carbons (Fsp3) is 0.0455. The molecule has 0 saturated heterocycles. The molecule has 3 aromatic carbocycles. The summed E-state index contributed by atoms with van der Waals surface area (Å²) in [5, 5.41) is 3.59. The number of carbonyl (C=O) groups excluding carboxylic acids is 1. The molecule has 31 heavy (non-hydrogen) atoms. The van der Waals surface area contributed by atoms with Crippen molar-refractivity contribution in [3.63, 3.8) is 0 Å². The van der Waals surface area contributed by atoms with Crippen molar-refractivity contribution in [1.82, 2.24) is 0 Å². The molecule has 1 aromatic heterocycles. The number of nitrogens with one attached hydrogen (secondary N) is 2. The second kappa shape index (κ2) is 8.30. The third kappa shape index (κ3) is 4.56. The van der Waals surface area contributed by atoms with Crippen LogP contribution in [0, 0.1) is 12.7 Å². The molecule has 5 nitrogen and oxygen atoms in total. The standard InChI is InChI=1S/C22H16ClFN2O3S2/c1-13-2-9-17(10-3-13)31(28,29)26-16-7-5-15(6-8-16)25-22(27)21-20(23)18-11-4-14(24)12-19(18)30-21/h2-12,26H,1H3,(H,25,27). The van der Waals surface area contributed by atoms with Gasteiger partial charge in [-0.25, -0.2) is 12.8 Å². The van der Waals surface area contributed by atoms with Crippen molar-refractivity contribution in [2.24, 2.45) is 0 Å². The molecule has 0 aliphatic heterocycles. The highest BCUT2D eigenvalue weighted by atomic mass is 35.5. The van der Waals surface area contributed by atoms with Gasteiger partial charge in [-0.2, -0.15) is 0 Å². The minimum atomic E-state index is -3.72. The summed E-state index contributed by atoms with van der Waals surface area (Å²) in [4.78, 5) is 13.1. The molecule has 0 atom stereocenters. The maximum absolute atomic E-state index is 13.4. The Kier molecular flexibility index (Phi) is 5.70. The summed E-state index contributed by atoms with van der Waals surface area (Å²) < 4.78 is 41.5. The summed E-state index contributed by atoms with van der Waals surface area (Å²) in [6, 6.07) is 16.9. The van der Waals surface area contributed by atoms with Gasteiger partial charge in [0.05, 0.1) is 9.92 Å². The van der Waals surface area contributed by atoms with E-state index in [0.717, 1.165) is 16.9 Å². The van der Waals surface area contributed by atoms with E-state index in [0.29, 0.717) is 21.5 Å². The van der Waals surface area contributed by atoms with Crippen molar-refractivity contribution in [3.05, 3.63) is 88.0 Å². The van der Waals surface area contributed by atoms with Crippen LogP contribution in [0.3, 0.4) is 0 Å². The van der Waals surface area contributed by atoms with Crippen LogP contribution in [-0.2, 0) is 10.0 Å². The summed E-state index contributed by atoms with van der Waals surface area (Å²) in [6.45, 7) is 1.88. The first-order valence-electron chi connectivity index (χ1n) is 9.11.